The average molecular weight is 565 g/mol. The third kappa shape index (κ3) is 5.52. The van der Waals surface area contributed by atoms with E-state index in [4.69, 9.17) is 16.3 Å². The van der Waals surface area contributed by atoms with Crippen molar-refractivity contribution in [1.29, 1.82) is 0 Å². The Hall–Kier alpha value is -3.70. The molecule has 37 heavy (non-hydrogen) atoms. The number of anilines is 1. The van der Waals surface area contributed by atoms with Crippen LogP contribution in [0.25, 0.3) is 0 Å². The van der Waals surface area contributed by atoms with E-state index in [0.717, 1.165) is 16.4 Å². The molecule has 3 amide bonds. The van der Waals surface area contributed by atoms with Gasteiger partial charge in [-0.3, -0.25) is 19.3 Å². The number of fused-ring (bicyclic) bond motifs is 1. The lowest BCUT2D eigenvalue weighted by atomic mass is 10.0. The van der Waals surface area contributed by atoms with E-state index in [1.54, 1.807) is 23.2 Å². The lowest BCUT2D eigenvalue weighted by molar-refractivity contribution is -0.689. The summed E-state index contributed by atoms with van der Waals surface area (Å²) >= 11 is 3.48. The SMILES string of the molecule is CSCON=C(C(=O)NC1C(=O)N2C(C(=O)[O-])=C(C[n+]3ccc(C(N)=O)cc3)CS[C@H]12)c1nsc(N)n1. The zero-order valence-corrected chi connectivity index (χ0v) is 21.6. The normalized spacial score (nSPS) is 19.2. The lowest BCUT2D eigenvalue weighted by Gasteiger charge is -2.50. The van der Waals surface area contributed by atoms with E-state index in [1.165, 1.54) is 35.7 Å². The second kappa shape index (κ2) is 11.1. The number of nitrogen functional groups attached to an aromatic ring is 1. The predicted molar refractivity (Wildman–Crippen MR) is 133 cm³/mol. The molecule has 17 heteroatoms. The van der Waals surface area contributed by atoms with Crippen LogP contribution >= 0.6 is 35.1 Å². The Balaban J connectivity index is 1.51. The summed E-state index contributed by atoms with van der Waals surface area (Å²) in [6.07, 6.45) is 4.94. The van der Waals surface area contributed by atoms with Crippen LogP contribution in [0.5, 0.6) is 0 Å². The Morgan fingerprint density at radius 1 is 1.38 bits per heavy atom. The van der Waals surface area contributed by atoms with Crippen molar-refractivity contribution in [3.05, 3.63) is 47.2 Å². The van der Waals surface area contributed by atoms with Crippen molar-refractivity contribution in [2.75, 3.05) is 23.7 Å². The molecule has 0 bridgehead atoms. The molecule has 2 aliphatic heterocycles. The van der Waals surface area contributed by atoms with Gasteiger partial charge in [-0.2, -0.15) is 9.36 Å². The van der Waals surface area contributed by atoms with Gasteiger partial charge in [-0.1, -0.05) is 5.16 Å². The number of nitrogens with one attached hydrogen (secondary N) is 1. The number of thioether (sulfide) groups is 2. The summed E-state index contributed by atoms with van der Waals surface area (Å²) in [6.45, 7) is 0.142. The quantitative estimate of drug-likeness (QED) is 0.0694. The first kappa shape index (κ1) is 26.4. The number of pyridine rings is 1. The second-order valence-corrected chi connectivity index (χ2v) is 10.4. The number of β-lactam (4-membered cyclic amide) rings is 1. The molecule has 194 valence electrons. The third-order valence-electron chi connectivity index (χ3n) is 5.27. The standard InChI is InChI=1S/C20H20N8O6S3/c1-35-8-34-25-11(15-24-20(22)37-26-15)16(30)23-12-17(31)28-13(19(32)33)10(7-36-18(12)28)6-27-4-2-9(3-5-27)14(21)29/h2-5,12,18H,6-8H2,1H3,(H5-,21,22,23,24,26,29,30,32,33)/t12?,18-/m1/s1. The number of hydrogen-bond acceptors (Lipinski definition) is 13. The molecule has 4 heterocycles. The Morgan fingerprint density at radius 3 is 2.70 bits per heavy atom. The molecule has 2 aliphatic rings. The number of hydrogen-bond donors (Lipinski definition) is 3. The highest BCUT2D eigenvalue weighted by atomic mass is 32.2. The number of carboxylic acids is 1. The second-order valence-electron chi connectivity index (χ2n) is 7.66. The Morgan fingerprint density at radius 2 is 2.11 bits per heavy atom. The van der Waals surface area contributed by atoms with Crippen molar-refractivity contribution < 1.29 is 33.7 Å². The maximum absolute atomic E-state index is 13.0. The fourth-order valence-electron chi connectivity index (χ4n) is 3.61. The lowest BCUT2D eigenvalue weighted by Crippen LogP contribution is -2.71. The summed E-state index contributed by atoms with van der Waals surface area (Å²) in [6, 6.07) is 2.00. The molecule has 1 fully saturated rings. The van der Waals surface area contributed by atoms with Crippen LogP contribution in [0.4, 0.5) is 5.13 Å². The van der Waals surface area contributed by atoms with Crippen molar-refractivity contribution in [3.8, 4) is 0 Å². The molecule has 2 aromatic heterocycles. The summed E-state index contributed by atoms with van der Waals surface area (Å²) in [5.74, 6) is -3.12. The van der Waals surface area contributed by atoms with Crippen LogP contribution < -0.4 is 26.5 Å². The summed E-state index contributed by atoms with van der Waals surface area (Å²) < 4.78 is 5.62. The van der Waals surface area contributed by atoms with Crippen molar-refractivity contribution in [1.82, 2.24) is 19.6 Å². The third-order valence-corrected chi connectivity index (χ3v) is 7.49. The van der Waals surface area contributed by atoms with Gasteiger partial charge < -0.3 is 31.5 Å². The first-order valence-corrected chi connectivity index (χ1v) is 13.7. The number of carboxylic acid groups (broad SMARTS) is 1. The van der Waals surface area contributed by atoms with E-state index in [0.29, 0.717) is 11.1 Å². The van der Waals surface area contributed by atoms with Crippen molar-refractivity contribution in [3.63, 3.8) is 0 Å². The average Bonchev–Trinajstić information content (AvgIpc) is 3.30. The largest absolute Gasteiger partial charge is 0.543 e. The highest BCUT2D eigenvalue weighted by Crippen LogP contribution is 2.40. The van der Waals surface area contributed by atoms with Gasteiger partial charge in [0.2, 0.25) is 17.4 Å². The smallest absolute Gasteiger partial charge is 0.278 e. The van der Waals surface area contributed by atoms with Crippen LogP contribution in [0.15, 0.2) is 41.0 Å². The number of aromatic nitrogens is 3. The highest BCUT2D eigenvalue weighted by molar-refractivity contribution is 8.00. The number of oxime groups is 1. The van der Waals surface area contributed by atoms with E-state index in [9.17, 15) is 24.3 Å². The molecular weight excluding hydrogens is 544 g/mol. The maximum Gasteiger partial charge on any atom is 0.278 e. The summed E-state index contributed by atoms with van der Waals surface area (Å²) in [7, 11) is 0. The molecule has 0 saturated carbocycles. The number of aliphatic carboxylic acids is 1. The highest BCUT2D eigenvalue weighted by Gasteiger charge is 2.53. The van der Waals surface area contributed by atoms with Crippen molar-refractivity contribution in [2.45, 2.75) is 18.0 Å². The van der Waals surface area contributed by atoms with E-state index in [1.807, 2.05) is 0 Å². The topological polar surface area (TPSA) is 210 Å². The number of nitrogens with two attached hydrogens (primary N) is 2. The molecular formula is C20H20N8O6S3. The molecule has 14 nitrogen and oxygen atoms in total. The first-order valence-electron chi connectivity index (χ1n) is 10.5. The first-order chi connectivity index (χ1) is 17.7. The van der Waals surface area contributed by atoms with E-state index >= 15 is 0 Å². The number of amides is 3. The Labute approximate surface area is 222 Å². The molecule has 0 radical (unpaired) electrons. The van der Waals surface area contributed by atoms with Gasteiger partial charge in [0, 0.05) is 35.0 Å². The minimum atomic E-state index is -1.51. The van der Waals surface area contributed by atoms with E-state index in [-0.39, 0.29) is 40.6 Å². The van der Waals surface area contributed by atoms with Gasteiger partial charge >= 0.3 is 0 Å². The molecule has 0 aliphatic carbocycles. The van der Waals surface area contributed by atoms with Crippen LogP contribution in [0.3, 0.4) is 0 Å². The molecule has 1 saturated heterocycles. The van der Waals surface area contributed by atoms with Gasteiger partial charge in [0.1, 0.15) is 11.4 Å². The van der Waals surface area contributed by atoms with Gasteiger partial charge in [-0.15, -0.1) is 23.5 Å². The number of carbonyl (C=O) groups excluding carboxylic acids is 4. The van der Waals surface area contributed by atoms with Crippen LogP contribution in [0.2, 0.25) is 0 Å². The van der Waals surface area contributed by atoms with Crippen molar-refractivity contribution in [2.24, 2.45) is 10.9 Å². The van der Waals surface area contributed by atoms with Crippen molar-refractivity contribution >= 4 is 69.6 Å². The molecule has 2 aromatic rings. The fraction of sp³-hybridized carbons (Fsp3) is 0.300. The fourth-order valence-corrected chi connectivity index (χ4v) is 5.54. The zero-order chi connectivity index (χ0) is 26.7. The van der Waals surface area contributed by atoms with Gasteiger partial charge in [0.05, 0.1) is 17.2 Å². The summed E-state index contributed by atoms with van der Waals surface area (Å²) in [5, 5.41) is 17.8. The predicted octanol–water partition coefficient (Wildman–Crippen LogP) is -2.35. The molecule has 5 N–H and O–H groups in total. The Bertz CT molecular complexity index is 1310. The summed E-state index contributed by atoms with van der Waals surface area (Å²) in [5.41, 5.74) is 11.1. The maximum atomic E-state index is 13.0. The molecule has 0 aromatic carbocycles. The van der Waals surface area contributed by atoms with Crippen LogP contribution in [0, 0.1) is 0 Å². The number of rotatable bonds is 10. The van der Waals surface area contributed by atoms with Gasteiger partial charge in [0.25, 0.3) is 11.8 Å². The van der Waals surface area contributed by atoms with E-state index in [2.05, 4.69) is 19.8 Å². The number of nitrogens with zero attached hydrogens (tertiary/aromatic N) is 5. The van der Waals surface area contributed by atoms with Gasteiger partial charge in [0.15, 0.2) is 30.0 Å². The molecule has 1 unspecified atom stereocenters. The molecule has 0 spiro atoms. The minimum absolute atomic E-state index is 0.0574. The molecule has 4 rings (SSSR count). The van der Waals surface area contributed by atoms with Crippen LogP contribution in [-0.2, 0) is 25.8 Å². The number of primary amides is 1. The summed E-state index contributed by atoms with van der Waals surface area (Å²) in [4.78, 5) is 59.4. The van der Waals surface area contributed by atoms with Gasteiger partial charge in [-0.25, -0.2) is 4.57 Å². The van der Waals surface area contributed by atoms with E-state index < -0.39 is 35.1 Å². The van der Waals surface area contributed by atoms with Crippen LogP contribution in [0.1, 0.15) is 16.2 Å². The minimum Gasteiger partial charge on any atom is -0.543 e. The molecule has 2 atom stereocenters. The zero-order valence-electron chi connectivity index (χ0n) is 19.2. The Kier molecular flexibility index (Phi) is 7.94. The monoisotopic (exact) mass is 564 g/mol. The van der Waals surface area contributed by atoms with Gasteiger partial charge in [-0.05, 0) is 6.26 Å². The number of carbonyl (C=O) groups is 4. The van der Waals surface area contributed by atoms with Crippen LogP contribution in [-0.4, -0.2) is 73.0 Å².